The molecule has 1 saturated carbocycles. The van der Waals surface area contributed by atoms with Gasteiger partial charge in [0.15, 0.2) is 0 Å². The second-order valence-electron chi connectivity index (χ2n) is 4.18. The fourth-order valence-electron chi connectivity index (χ4n) is 1.88. The summed E-state index contributed by atoms with van der Waals surface area (Å²) in [4.78, 5) is 2.30. The Morgan fingerprint density at radius 3 is 2.54 bits per heavy atom. The molecule has 1 fully saturated rings. The van der Waals surface area contributed by atoms with E-state index in [2.05, 4.69) is 11.9 Å². The van der Waals surface area contributed by atoms with Crippen molar-refractivity contribution in [3.05, 3.63) is 0 Å². The zero-order valence-electron chi connectivity index (χ0n) is 8.45. The minimum absolute atomic E-state index is 0.0316. The van der Waals surface area contributed by atoms with Crippen LogP contribution < -0.4 is 0 Å². The highest BCUT2D eigenvalue weighted by atomic mass is 16.3. The smallest absolute Gasteiger partial charge is 0.0546 e. The molecule has 1 aliphatic carbocycles. The molecule has 0 unspecified atom stereocenters. The van der Waals surface area contributed by atoms with Crippen LogP contribution in [-0.4, -0.2) is 48.0 Å². The van der Waals surface area contributed by atoms with Crippen molar-refractivity contribution in [2.75, 3.05) is 26.7 Å². The van der Waals surface area contributed by atoms with Gasteiger partial charge in [-0.1, -0.05) is 0 Å². The van der Waals surface area contributed by atoms with Crippen LogP contribution in [-0.2, 0) is 0 Å². The van der Waals surface area contributed by atoms with Crippen LogP contribution in [0.5, 0.6) is 0 Å². The maximum absolute atomic E-state index is 9.09. The Labute approximate surface area is 80.4 Å². The number of hydrogen-bond donors (Lipinski definition) is 2. The largest absolute Gasteiger partial charge is 0.396 e. The predicted molar refractivity (Wildman–Crippen MR) is 52.5 cm³/mol. The molecule has 0 aromatic carbocycles. The molecule has 0 amide bonds. The van der Waals surface area contributed by atoms with Crippen molar-refractivity contribution in [1.29, 1.82) is 0 Å². The van der Waals surface area contributed by atoms with Gasteiger partial charge in [0.25, 0.3) is 0 Å². The molecule has 0 aromatic heterocycles. The van der Waals surface area contributed by atoms with Gasteiger partial charge < -0.3 is 15.1 Å². The number of aliphatic hydroxyl groups is 2. The molecule has 0 heterocycles. The summed E-state index contributed by atoms with van der Waals surface area (Å²) >= 11 is 0. The summed E-state index contributed by atoms with van der Waals surface area (Å²) in [5.41, 5.74) is 0. The number of unbranched alkanes of at least 4 members (excludes halogenated alkanes) is 1. The highest BCUT2D eigenvalue weighted by Gasteiger charge is 2.27. The van der Waals surface area contributed by atoms with E-state index in [4.69, 9.17) is 10.2 Å². The lowest BCUT2D eigenvalue weighted by Crippen LogP contribution is -2.37. The van der Waals surface area contributed by atoms with Gasteiger partial charge in [-0.15, -0.1) is 0 Å². The monoisotopic (exact) mass is 187 g/mol. The van der Waals surface area contributed by atoms with Crippen molar-refractivity contribution in [1.82, 2.24) is 4.90 Å². The Morgan fingerprint density at radius 1 is 1.31 bits per heavy atom. The van der Waals surface area contributed by atoms with Crippen LogP contribution in [0.1, 0.15) is 25.7 Å². The number of aliphatic hydroxyl groups excluding tert-OH is 2. The number of rotatable bonds is 6. The maximum Gasteiger partial charge on any atom is 0.0546 e. The van der Waals surface area contributed by atoms with E-state index in [1.807, 2.05) is 0 Å². The summed E-state index contributed by atoms with van der Waals surface area (Å²) < 4.78 is 0. The van der Waals surface area contributed by atoms with Gasteiger partial charge in [0, 0.05) is 13.2 Å². The predicted octanol–water partition coefficient (Wildman–Crippen LogP) is 0.462. The van der Waals surface area contributed by atoms with Crippen LogP contribution in [0.4, 0.5) is 0 Å². The van der Waals surface area contributed by atoms with Crippen molar-refractivity contribution in [3.63, 3.8) is 0 Å². The van der Waals surface area contributed by atoms with E-state index in [0.29, 0.717) is 12.5 Å². The number of hydrogen-bond acceptors (Lipinski definition) is 3. The lowest BCUT2D eigenvalue weighted by atomic mass is 9.82. The van der Waals surface area contributed by atoms with Gasteiger partial charge in [0.2, 0.25) is 0 Å². The van der Waals surface area contributed by atoms with Crippen molar-refractivity contribution in [2.45, 2.75) is 31.8 Å². The summed E-state index contributed by atoms with van der Waals surface area (Å²) in [7, 11) is 2.11. The van der Waals surface area contributed by atoms with Crippen LogP contribution in [0.3, 0.4) is 0 Å². The van der Waals surface area contributed by atoms with Gasteiger partial charge in [-0.2, -0.15) is 0 Å². The van der Waals surface area contributed by atoms with E-state index in [-0.39, 0.29) is 6.10 Å². The Hall–Kier alpha value is -0.120. The van der Waals surface area contributed by atoms with E-state index >= 15 is 0 Å². The first-order valence-corrected chi connectivity index (χ1v) is 5.20. The molecule has 0 aromatic rings. The fraction of sp³-hybridized carbons (Fsp3) is 1.00. The topological polar surface area (TPSA) is 43.7 Å². The Kier molecular flexibility index (Phi) is 4.70. The third-order valence-corrected chi connectivity index (χ3v) is 2.73. The molecule has 78 valence electrons. The molecule has 2 N–H and O–H groups in total. The highest BCUT2D eigenvalue weighted by molar-refractivity contribution is 4.80. The van der Waals surface area contributed by atoms with Crippen molar-refractivity contribution in [3.8, 4) is 0 Å². The Balaban J connectivity index is 1.95. The summed E-state index contributed by atoms with van der Waals surface area (Å²) in [5.74, 6) is 0.703. The number of nitrogens with zero attached hydrogens (tertiary/aromatic N) is 1. The molecular formula is C10H21NO2. The van der Waals surface area contributed by atoms with E-state index in [0.717, 1.165) is 38.8 Å². The van der Waals surface area contributed by atoms with Crippen molar-refractivity contribution in [2.24, 2.45) is 5.92 Å². The van der Waals surface area contributed by atoms with Crippen LogP contribution in [0.25, 0.3) is 0 Å². The molecule has 1 rings (SSSR count). The summed E-state index contributed by atoms with van der Waals surface area (Å²) in [6.45, 7) is 2.46. The van der Waals surface area contributed by atoms with Gasteiger partial charge in [-0.25, -0.2) is 0 Å². The Morgan fingerprint density at radius 2 is 2.00 bits per heavy atom. The van der Waals surface area contributed by atoms with Gasteiger partial charge >= 0.3 is 0 Å². The molecule has 0 spiro atoms. The third-order valence-electron chi connectivity index (χ3n) is 2.73. The fourth-order valence-corrected chi connectivity index (χ4v) is 1.88. The lowest BCUT2D eigenvalue weighted by Gasteiger charge is -2.34. The molecule has 0 saturated heterocycles. The third kappa shape index (κ3) is 4.07. The minimum atomic E-state index is -0.0316. The highest BCUT2D eigenvalue weighted by Crippen LogP contribution is 2.27. The zero-order chi connectivity index (χ0) is 9.68. The zero-order valence-corrected chi connectivity index (χ0v) is 8.45. The molecule has 1 aliphatic rings. The van der Waals surface area contributed by atoms with Gasteiger partial charge in [-0.3, -0.25) is 0 Å². The molecule has 0 radical (unpaired) electrons. The second kappa shape index (κ2) is 5.58. The summed E-state index contributed by atoms with van der Waals surface area (Å²) in [5, 5.41) is 17.7. The van der Waals surface area contributed by atoms with Crippen LogP contribution in [0.15, 0.2) is 0 Å². The van der Waals surface area contributed by atoms with Gasteiger partial charge in [-0.05, 0) is 45.2 Å². The summed E-state index contributed by atoms with van der Waals surface area (Å²) in [6, 6.07) is 0. The normalized spacial score (nSPS) is 27.7. The minimum Gasteiger partial charge on any atom is -0.396 e. The summed E-state index contributed by atoms with van der Waals surface area (Å²) in [6.07, 6.45) is 3.89. The quantitative estimate of drug-likeness (QED) is 0.594. The lowest BCUT2D eigenvalue weighted by molar-refractivity contribution is 0.0281. The molecule has 3 nitrogen and oxygen atoms in total. The average molecular weight is 187 g/mol. The van der Waals surface area contributed by atoms with Crippen LogP contribution in [0, 0.1) is 5.92 Å². The van der Waals surface area contributed by atoms with Crippen LogP contribution in [0.2, 0.25) is 0 Å². The van der Waals surface area contributed by atoms with E-state index in [9.17, 15) is 0 Å². The van der Waals surface area contributed by atoms with Crippen LogP contribution >= 0.6 is 0 Å². The van der Waals surface area contributed by atoms with Crippen molar-refractivity contribution < 1.29 is 10.2 Å². The average Bonchev–Trinajstić information content (AvgIpc) is 2.02. The maximum atomic E-state index is 9.09. The molecule has 0 atom stereocenters. The molecule has 0 bridgehead atoms. The Bertz CT molecular complexity index is 135. The molecule has 3 heteroatoms. The van der Waals surface area contributed by atoms with E-state index in [1.54, 1.807) is 0 Å². The first-order valence-electron chi connectivity index (χ1n) is 5.20. The van der Waals surface area contributed by atoms with Gasteiger partial charge in [0.1, 0.15) is 0 Å². The SMILES string of the molecule is CN(CCCCO)CC1CC(O)C1. The second-order valence-corrected chi connectivity index (χ2v) is 4.18. The van der Waals surface area contributed by atoms with E-state index < -0.39 is 0 Å². The molecule has 13 heavy (non-hydrogen) atoms. The van der Waals surface area contributed by atoms with Crippen molar-refractivity contribution >= 4 is 0 Å². The first kappa shape index (κ1) is 11.0. The molecule has 0 aliphatic heterocycles. The first-order chi connectivity index (χ1) is 6.22. The standard InChI is InChI=1S/C10H21NO2/c1-11(4-2-3-5-12)8-9-6-10(13)7-9/h9-10,12-13H,2-8H2,1H3. The molecular weight excluding hydrogens is 166 g/mol. The van der Waals surface area contributed by atoms with E-state index in [1.165, 1.54) is 0 Å². The van der Waals surface area contributed by atoms with Gasteiger partial charge in [0.05, 0.1) is 6.10 Å².